The van der Waals surface area contributed by atoms with E-state index in [2.05, 4.69) is 5.32 Å². The zero-order valence-electron chi connectivity index (χ0n) is 12.2. The monoisotopic (exact) mass is 294 g/mol. The van der Waals surface area contributed by atoms with Crippen LogP contribution in [0.25, 0.3) is 0 Å². The molecule has 1 aliphatic rings. The molecule has 0 saturated heterocycles. The van der Waals surface area contributed by atoms with Gasteiger partial charge in [0.05, 0.1) is 17.6 Å². The summed E-state index contributed by atoms with van der Waals surface area (Å²) < 4.78 is 5.42. The smallest absolute Gasteiger partial charge is 0.272 e. The van der Waals surface area contributed by atoms with E-state index in [-0.39, 0.29) is 10.6 Å². The normalized spacial score (nSPS) is 15.9. The maximum absolute atomic E-state index is 10.9. The fourth-order valence-electron chi connectivity index (χ4n) is 2.15. The van der Waals surface area contributed by atoms with Crippen LogP contribution in [0.15, 0.2) is 18.2 Å². The first kappa shape index (κ1) is 15.9. The minimum absolute atomic E-state index is 0.127. The van der Waals surface area contributed by atoms with Crippen molar-refractivity contribution in [2.45, 2.75) is 32.4 Å². The van der Waals surface area contributed by atoms with Crippen molar-refractivity contribution < 1.29 is 14.8 Å². The lowest BCUT2D eigenvalue weighted by molar-refractivity contribution is -0.385. The number of hydrogen-bond acceptors (Lipinski definition) is 5. The van der Waals surface area contributed by atoms with Gasteiger partial charge in [-0.2, -0.15) is 0 Å². The van der Waals surface area contributed by atoms with E-state index in [9.17, 15) is 15.2 Å². The molecule has 6 heteroatoms. The number of benzene rings is 1. The molecule has 2 rings (SSSR count). The van der Waals surface area contributed by atoms with Gasteiger partial charge in [-0.3, -0.25) is 10.1 Å². The summed E-state index contributed by atoms with van der Waals surface area (Å²) in [6, 6.07) is 5.03. The number of nitro groups is 1. The van der Waals surface area contributed by atoms with E-state index in [4.69, 9.17) is 4.74 Å². The molecule has 1 atom stereocenters. The second-order valence-corrected chi connectivity index (χ2v) is 5.58. The quantitative estimate of drug-likeness (QED) is 0.535. The lowest BCUT2D eigenvalue weighted by Gasteiger charge is -2.13. The van der Waals surface area contributed by atoms with Crippen molar-refractivity contribution in [1.82, 2.24) is 5.32 Å². The average molecular weight is 294 g/mol. The van der Waals surface area contributed by atoms with E-state index in [0.29, 0.717) is 31.2 Å². The van der Waals surface area contributed by atoms with Gasteiger partial charge in [0.25, 0.3) is 5.69 Å². The first-order valence-corrected chi connectivity index (χ1v) is 7.27. The number of aliphatic hydroxyl groups excluding tert-OH is 1. The summed E-state index contributed by atoms with van der Waals surface area (Å²) in [6.45, 7) is 3.71. The molecular formula is C15H22N2O4. The molecule has 0 bridgehead atoms. The first-order valence-electron chi connectivity index (χ1n) is 7.27. The predicted molar refractivity (Wildman–Crippen MR) is 79.1 cm³/mol. The minimum atomic E-state index is -0.553. The van der Waals surface area contributed by atoms with Crippen LogP contribution in [0.2, 0.25) is 0 Å². The average Bonchev–Trinajstić information content (AvgIpc) is 3.24. The Labute approximate surface area is 124 Å². The third kappa shape index (κ3) is 5.08. The first-order chi connectivity index (χ1) is 10.1. The summed E-state index contributed by atoms with van der Waals surface area (Å²) in [4.78, 5) is 10.5. The van der Waals surface area contributed by atoms with Crippen LogP contribution in [0.4, 0.5) is 5.69 Å². The van der Waals surface area contributed by atoms with E-state index in [0.717, 1.165) is 12.2 Å². The molecule has 1 aromatic carbocycles. The molecule has 0 spiro atoms. The van der Waals surface area contributed by atoms with Gasteiger partial charge in [-0.15, -0.1) is 0 Å². The Morgan fingerprint density at radius 3 is 2.95 bits per heavy atom. The zero-order valence-corrected chi connectivity index (χ0v) is 12.2. The molecule has 0 heterocycles. The van der Waals surface area contributed by atoms with Crippen LogP contribution in [0, 0.1) is 23.0 Å². The largest absolute Gasteiger partial charge is 0.389 e. The molecule has 1 unspecified atom stereocenters. The zero-order chi connectivity index (χ0) is 15.2. The fourth-order valence-corrected chi connectivity index (χ4v) is 2.15. The maximum Gasteiger partial charge on any atom is 0.272 e. The van der Waals surface area contributed by atoms with Crippen LogP contribution in [0.5, 0.6) is 0 Å². The van der Waals surface area contributed by atoms with Crippen LogP contribution in [0.3, 0.4) is 0 Å². The lowest BCUT2D eigenvalue weighted by atomic mass is 10.1. The Balaban J connectivity index is 1.72. The molecule has 0 aliphatic heterocycles. The van der Waals surface area contributed by atoms with E-state index >= 15 is 0 Å². The summed E-state index contributed by atoms with van der Waals surface area (Å²) >= 11 is 0. The third-order valence-corrected chi connectivity index (χ3v) is 3.67. The molecule has 0 radical (unpaired) electrons. The van der Waals surface area contributed by atoms with Crippen molar-refractivity contribution in [2.75, 3.05) is 19.8 Å². The molecule has 0 amide bonds. The van der Waals surface area contributed by atoms with Gasteiger partial charge < -0.3 is 15.2 Å². The third-order valence-electron chi connectivity index (χ3n) is 3.67. The number of hydrogen-bond donors (Lipinski definition) is 2. The van der Waals surface area contributed by atoms with Crippen molar-refractivity contribution >= 4 is 5.69 Å². The Morgan fingerprint density at radius 1 is 1.52 bits per heavy atom. The molecule has 1 saturated carbocycles. The molecule has 2 N–H and O–H groups in total. The van der Waals surface area contributed by atoms with Gasteiger partial charge in [0.1, 0.15) is 0 Å². The van der Waals surface area contributed by atoms with Gasteiger partial charge in [-0.25, -0.2) is 0 Å². The van der Waals surface area contributed by atoms with Crippen molar-refractivity contribution in [3.8, 4) is 0 Å². The highest BCUT2D eigenvalue weighted by molar-refractivity contribution is 5.44. The minimum Gasteiger partial charge on any atom is -0.389 e. The van der Waals surface area contributed by atoms with E-state index in [1.165, 1.54) is 18.9 Å². The van der Waals surface area contributed by atoms with Gasteiger partial charge in [0.15, 0.2) is 0 Å². The van der Waals surface area contributed by atoms with E-state index in [1.54, 1.807) is 13.0 Å². The van der Waals surface area contributed by atoms with Gasteiger partial charge in [-0.05, 0) is 31.2 Å². The van der Waals surface area contributed by atoms with E-state index < -0.39 is 6.10 Å². The van der Waals surface area contributed by atoms with Crippen molar-refractivity contribution in [3.63, 3.8) is 0 Å². The SMILES string of the molecule is Cc1c(CNCC(O)COCC2CC2)cccc1[N+](=O)[O-]. The summed E-state index contributed by atoms with van der Waals surface area (Å²) in [5.74, 6) is 0.692. The van der Waals surface area contributed by atoms with Crippen LogP contribution >= 0.6 is 0 Å². The molecule has 21 heavy (non-hydrogen) atoms. The van der Waals surface area contributed by atoms with Crippen molar-refractivity contribution in [3.05, 3.63) is 39.4 Å². The van der Waals surface area contributed by atoms with Gasteiger partial charge in [-0.1, -0.05) is 12.1 Å². The summed E-state index contributed by atoms with van der Waals surface area (Å²) in [5, 5.41) is 23.7. The molecule has 1 aliphatic carbocycles. The molecule has 116 valence electrons. The Kier molecular flexibility index (Phi) is 5.67. The highest BCUT2D eigenvalue weighted by Crippen LogP contribution is 2.28. The molecular weight excluding hydrogens is 272 g/mol. The van der Waals surface area contributed by atoms with Crippen molar-refractivity contribution in [2.24, 2.45) is 5.92 Å². The van der Waals surface area contributed by atoms with Gasteiger partial charge in [0, 0.05) is 31.3 Å². The molecule has 1 fully saturated rings. The Morgan fingerprint density at radius 2 is 2.29 bits per heavy atom. The van der Waals surface area contributed by atoms with Crippen LogP contribution < -0.4 is 5.32 Å². The van der Waals surface area contributed by atoms with Crippen molar-refractivity contribution in [1.29, 1.82) is 0 Å². The molecule has 6 nitrogen and oxygen atoms in total. The Bertz CT molecular complexity index is 489. The standard InChI is InChI=1S/C15H22N2O4/c1-11-13(3-2-4-15(11)17(19)20)7-16-8-14(18)10-21-9-12-5-6-12/h2-4,12,14,16,18H,5-10H2,1H3. The summed E-state index contributed by atoms with van der Waals surface area (Å²) in [5.41, 5.74) is 1.66. The predicted octanol–water partition coefficient (Wildman–Crippen LogP) is 1.78. The van der Waals surface area contributed by atoms with Crippen LogP contribution in [-0.2, 0) is 11.3 Å². The highest BCUT2D eigenvalue weighted by Gasteiger charge is 2.21. The summed E-state index contributed by atoms with van der Waals surface area (Å²) in [6.07, 6.45) is 1.92. The van der Waals surface area contributed by atoms with Gasteiger partial charge in [0.2, 0.25) is 0 Å². The molecule has 1 aromatic rings. The van der Waals surface area contributed by atoms with E-state index in [1.807, 2.05) is 6.07 Å². The maximum atomic E-state index is 10.9. The van der Waals surface area contributed by atoms with Crippen LogP contribution in [-0.4, -0.2) is 35.9 Å². The molecule has 0 aromatic heterocycles. The van der Waals surface area contributed by atoms with Gasteiger partial charge >= 0.3 is 0 Å². The Hall–Kier alpha value is -1.50. The second kappa shape index (κ2) is 7.49. The number of nitrogens with zero attached hydrogens (tertiary/aromatic N) is 1. The topological polar surface area (TPSA) is 84.6 Å². The fraction of sp³-hybridized carbons (Fsp3) is 0.600. The number of aliphatic hydroxyl groups is 1. The number of rotatable bonds is 9. The lowest BCUT2D eigenvalue weighted by Crippen LogP contribution is -2.30. The number of nitrogens with one attached hydrogen (secondary N) is 1. The second-order valence-electron chi connectivity index (χ2n) is 5.58. The number of ether oxygens (including phenoxy) is 1. The highest BCUT2D eigenvalue weighted by atomic mass is 16.6. The van der Waals surface area contributed by atoms with Crippen LogP contribution in [0.1, 0.15) is 24.0 Å². The summed E-state index contributed by atoms with van der Waals surface area (Å²) in [7, 11) is 0. The number of nitro benzene ring substituents is 1.